The van der Waals surface area contributed by atoms with Crippen LogP contribution < -0.4 is 10.1 Å². The molecule has 3 atom stereocenters. The van der Waals surface area contributed by atoms with Crippen molar-refractivity contribution >= 4 is 23.1 Å². The van der Waals surface area contributed by atoms with Crippen LogP contribution in [0.3, 0.4) is 0 Å². The summed E-state index contributed by atoms with van der Waals surface area (Å²) in [5.41, 5.74) is 2.82. The highest BCUT2D eigenvalue weighted by atomic mass is 32.2. The van der Waals surface area contributed by atoms with E-state index in [1.165, 1.54) is 6.33 Å². The fourth-order valence-electron chi connectivity index (χ4n) is 4.76. The molecule has 0 bridgehead atoms. The van der Waals surface area contributed by atoms with Crippen molar-refractivity contribution in [2.45, 2.75) is 117 Å². The van der Waals surface area contributed by atoms with Crippen LogP contribution in [0.25, 0.3) is 16.9 Å². The molecule has 3 aromatic heterocycles. The average molecular weight is 696 g/mol. The molecule has 0 aliphatic heterocycles. The van der Waals surface area contributed by atoms with E-state index in [-0.39, 0.29) is 38.2 Å². The molecule has 1 N–H and O–H groups in total. The third kappa shape index (κ3) is 11.8. The van der Waals surface area contributed by atoms with Crippen LogP contribution in [-0.2, 0) is 20.8 Å². The Morgan fingerprint density at radius 3 is 2.48 bits per heavy atom. The van der Waals surface area contributed by atoms with Gasteiger partial charge in [-0.3, -0.25) is 4.98 Å². The van der Waals surface area contributed by atoms with Gasteiger partial charge in [0.15, 0.2) is 0 Å². The van der Waals surface area contributed by atoms with Gasteiger partial charge in [-0.1, -0.05) is 0 Å². The van der Waals surface area contributed by atoms with Crippen LogP contribution in [0.15, 0.2) is 24.8 Å². The van der Waals surface area contributed by atoms with Gasteiger partial charge in [-0.2, -0.15) is 5.10 Å². The smallest absolute Gasteiger partial charge is 0.407 e. The quantitative estimate of drug-likeness (QED) is 0.131. The number of ether oxygens (including phenoxy) is 3. The predicted octanol–water partition coefficient (Wildman–Crippen LogP) is 6.45. The summed E-state index contributed by atoms with van der Waals surface area (Å²) < 4.78 is 60.4. The van der Waals surface area contributed by atoms with Crippen LogP contribution in [0.4, 0.5) is 13.6 Å². The number of hydrogen-bond donors (Lipinski definition) is 1. The van der Waals surface area contributed by atoms with Crippen LogP contribution in [0.5, 0.6) is 5.88 Å². The first kappa shape index (κ1) is 39.3. The van der Waals surface area contributed by atoms with Crippen LogP contribution in [-0.4, -0.2) is 88.2 Å². The molecule has 3 aromatic rings. The maximum absolute atomic E-state index is 13.5. The van der Waals surface area contributed by atoms with E-state index in [0.717, 1.165) is 23.7 Å². The summed E-state index contributed by atoms with van der Waals surface area (Å²) in [6.07, 6.45) is 4.38. The van der Waals surface area contributed by atoms with E-state index >= 15 is 0 Å². The zero-order valence-corrected chi connectivity index (χ0v) is 30.6. The van der Waals surface area contributed by atoms with Gasteiger partial charge in [-0.15, -0.1) is 4.31 Å². The number of aromatic nitrogens is 5. The Labute approximate surface area is 285 Å². The second kappa shape index (κ2) is 16.5. The minimum Gasteiger partial charge on any atom is -0.597 e. The molecule has 15 heteroatoms. The fraction of sp³-hybridized carbons (Fsp3) is 0.667. The Hall–Kier alpha value is -3.14. The number of aryl methyl sites for hydroxylation is 1. The van der Waals surface area contributed by atoms with Gasteiger partial charge in [-0.25, -0.2) is 28.1 Å². The topological polar surface area (TPSA) is 139 Å². The molecular formula is C33H51F2N7O5S. The Morgan fingerprint density at radius 2 is 1.85 bits per heavy atom. The third-order valence-corrected chi connectivity index (χ3v) is 9.23. The number of nitrogens with zero attached hydrogens (tertiary/aromatic N) is 6. The molecule has 0 aliphatic carbocycles. The van der Waals surface area contributed by atoms with Crippen LogP contribution >= 0.6 is 0 Å². The zero-order valence-electron chi connectivity index (χ0n) is 29.8. The third-order valence-electron chi connectivity index (χ3n) is 7.18. The SMILES string of the molecule is CCN([C@H](C)c1cc(-c2cn3ncnc3c(OCCCOC[C@H](CCC(C)(F)F)NC(=O)OC(C)(C)C)n2)c(C)cn1)[S+]([O-])C(C)(C)C. The largest absolute Gasteiger partial charge is 0.597 e. The second-order valence-electron chi connectivity index (χ2n) is 13.9. The molecule has 0 aromatic carbocycles. The van der Waals surface area contributed by atoms with E-state index in [1.54, 1.807) is 37.7 Å². The lowest BCUT2D eigenvalue weighted by atomic mass is 10.0. The summed E-state index contributed by atoms with van der Waals surface area (Å²) >= 11 is -1.23. The number of rotatable bonds is 16. The van der Waals surface area contributed by atoms with Crippen molar-refractivity contribution in [2.75, 3.05) is 26.4 Å². The number of carbonyl (C=O) groups is 1. The maximum atomic E-state index is 13.5. The minimum absolute atomic E-state index is 0.0284. The van der Waals surface area contributed by atoms with Crippen LogP contribution in [0.1, 0.15) is 98.9 Å². The van der Waals surface area contributed by atoms with Crippen molar-refractivity contribution in [3.63, 3.8) is 0 Å². The van der Waals surface area contributed by atoms with E-state index in [1.807, 2.05) is 51.9 Å². The van der Waals surface area contributed by atoms with E-state index in [4.69, 9.17) is 19.2 Å². The number of halogens is 2. The first-order valence-electron chi connectivity index (χ1n) is 16.2. The van der Waals surface area contributed by atoms with Crippen molar-refractivity contribution in [3.8, 4) is 17.1 Å². The number of pyridine rings is 1. The van der Waals surface area contributed by atoms with Crippen molar-refractivity contribution in [1.82, 2.24) is 34.2 Å². The van der Waals surface area contributed by atoms with E-state index in [9.17, 15) is 18.1 Å². The second-order valence-corrected chi connectivity index (χ2v) is 16.1. The molecule has 3 heterocycles. The van der Waals surface area contributed by atoms with Gasteiger partial charge < -0.3 is 24.1 Å². The molecule has 0 spiro atoms. The van der Waals surface area contributed by atoms with Gasteiger partial charge in [0, 0.05) is 49.1 Å². The molecule has 1 amide bonds. The van der Waals surface area contributed by atoms with Gasteiger partial charge in [0.2, 0.25) is 11.6 Å². The lowest BCUT2D eigenvalue weighted by Crippen LogP contribution is -2.44. The van der Waals surface area contributed by atoms with Gasteiger partial charge in [0.05, 0.1) is 42.9 Å². The molecule has 0 saturated carbocycles. The molecule has 0 aliphatic rings. The highest BCUT2D eigenvalue weighted by Gasteiger charge is 2.36. The lowest BCUT2D eigenvalue weighted by Gasteiger charge is -2.35. The van der Waals surface area contributed by atoms with Crippen molar-refractivity contribution in [2.24, 2.45) is 0 Å². The van der Waals surface area contributed by atoms with E-state index < -0.39 is 46.2 Å². The summed E-state index contributed by atoms with van der Waals surface area (Å²) in [7, 11) is 0. The highest BCUT2D eigenvalue weighted by molar-refractivity contribution is 7.90. The molecule has 0 saturated heterocycles. The molecule has 3 rings (SSSR count). The molecule has 0 radical (unpaired) electrons. The average Bonchev–Trinajstić information content (AvgIpc) is 3.45. The number of hydrogen-bond acceptors (Lipinski definition) is 10. The summed E-state index contributed by atoms with van der Waals surface area (Å²) in [6, 6.07) is 1.11. The maximum Gasteiger partial charge on any atom is 0.407 e. The Bertz CT molecular complexity index is 1490. The molecule has 0 fully saturated rings. The van der Waals surface area contributed by atoms with E-state index in [2.05, 4.69) is 20.4 Å². The minimum atomic E-state index is -2.87. The standard InChI is InChI=1S/C33H51F2N7O5S/c1-11-42(48(44)32(7,8)9)23(3)26-17-25(22(2)18-36-26)27-19-41-28(37-21-38-41)29(40-27)46-16-12-15-45-20-24(13-14-33(10,34)35)39-30(43)47-31(4,5)6/h17-19,21,23-24H,11-16,20H2,1-10H3,(H,39,43)/t23-,24+,48?/m1/s1. The monoisotopic (exact) mass is 695 g/mol. The van der Waals surface area contributed by atoms with Gasteiger partial charge in [-0.05, 0) is 87.3 Å². The summed E-state index contributed by atoms with van der Waals surface area (Å²) in [5.74, 6) is -2.58. The number of amides is 1. The number of carbonyl (C=O) groups excluding carboxylic acids is 1. The first-order chi connectivity index (χ1) is 22.3. The van der Waals surface area contributed by atoms with Crippen molar-refractivity contribution in [3.05, 3.63) is 36.0 Å². The summed E-state index contributed by atoms with van der Waals surface area (Å²) in [6.45, 7) is 18.9. The highest BCUT2D eigenvalue weighted by Crippen LogP contribution is 2.32. The van der Waals surface area contributed by atoms with Gasteiger partial charge >= 0.3 is 6.09 Å². The number of fused-ring (bicyclic) bond motifs is 1. The molecule has 1 unspecified atom stereocenters. The number of alkyl carbamates (subject to hydrolysis) is 1. The zero-order chi connectivity index (χ0) is 35.9. The molecule has 48 heavy (non-hydrogen) atoms. The number of nitrogens with one attached hydrogen (secondary N) is 1. The normalized spacial score (nSPS) is 14.6. The molecular weight excluding hydrogens is 644 g/mol. The van der Waals surface area contributed by atoms with Crippen LogP contribution in [0.2, 0.25) is 0 Å². The fourth-order valence-corrected chi connectivity index (χ4v) is 6.09. The predicted molar refractivity (Wildman–Crippen MR) is 181 cm³/mol. The van der Waals surface area contributed by atoms with Crippen LogP contribution in [0, 0.1) is 6.92 Å². The van der Waals surface area contributed by atoms with Crippen molar-refractivity contribution in [1.29, 1.82) is 0 Å². The van der Waals surface area contributed by atoms with Gasteiger partial charge in [0.25, 0.3) is 5.88 Å². The van der Waals surface area contributed by atoms with Crippen molar-refractivity contribution < 1.29 is 32.3 Å². The lowest BCUT2D eigenvalue weighted by molar-refractivity contribution is 0.00149. The number of alkyl halides is 2. The Morgan fingerprint density at radius 1 is 1.15 bits per heavy atom. The molecule has 268 valence electrons. The Balaban J connectivity index is 1.68. The van der Waals surface area contributed by atoms with E-state index in [0.29, 0.717) is 24.3 Å². The summed E-state index contributed by atoms with van der Waals surface area (Å²) in [4.78, 5) is 26.0. The molecule has 12 nitrogen and oxygen atoms in total. The van der Waals surface area contributed by atoms with Gasteiger partial charge in [0.1, 0.15) is 16.7 Å². The Kier molecular flexibility index (Phi) is 13.5. The first-order valence-corrected chi connectivity index (χ1v) is 17.3. The summed E-state index contributed by atoms with van der Waals surface area (Å²) in [5, 5.41) is 6.94.